The number of carbonyl (C=O) groups excluding carboxylic acids is 1. The summed E-state index contributed by atoms with van der Waals surface area (Å²) < 4.78 is 0. The van der Waals surface area contributed by atoms with Crippen molar-refractivity contribution >= 4 is 27.8 Å². The van der Waals surface area contributed by atoms with Gasteiger partial charge in [0.2, 0.25) is 5.75 Å². The van der Waals surface area contributed by atoms with Crippen LogP contribution < -0.4 is 4.89 Å². The second kappa shape index (κ2) is 7.63. The lowest BCUT2D eigenvalue weighted by molar-refractivity contribution is -0.149. The van der Waals surface area contributed by atoms with Crippen LogP contribution in [0.15, 0.2) is 66.7 Å². The quantitative estimate of drug-likeness (QED) is 0.321. The van der Waals surface area contributed by atoms with Crippen LogP contribution in [0.3, 0.4) is 0 Å². The van der Waals surface area contributed by atoms with Gasteiger partial charge in [0.15, 0.2) is 0 Å². The normalized spacial score (nSPS) is 14.9. The molecule has 0 radical (unpaired) electrons. The number of H-pyrrole nitrogens is 1. The van der Waals surface area contributed by atoms with E-state index in [9.17, 15) is 4.79 Å². The summed E-state index contributed by atoms with van der Waals surface area (Å²) in [6.45, 7) is 0. The number of para-hydroxylation sites is 1. The molecule has 146 valence electrons. The van der Waals surface area contributed by atoms with E-state index < -0.39 is 5.97 Å². The molecule has 0 saturated heterocycles. The first-order valence-electron chi connectivity index (χ1n) is 10.3. The zero-order valence-electron chi connectivity index (χ0n) is 16.2. The average molecular weight is 385 g/mol. The fraction of sp³-hybridized carbons (Fsp3) is 0.240. The number of nitrogens with one attached hydrogen (secondary N) is 1. The van der Waals surface area contributed by atoms with Crippen LogP contribution in [0.25, 0.3) is 21.8 Å². The van der Waals surface area contributed by atoms with Crippen LogP contribution in [-0.2, 0) is 4.89 Å². The molecule has 29 heavy (non-hydrogen) atoms. The molecular formula is C25H23NO3. The van der Waals surface area contributed by atoms with E-state index in [1.54, 1.807) is 12.1 Å². The van der Waals surface area contributed by atoms with Crippen LogP contribution in [0.2, 0.25) is 0 Å². The lowest BCUT2D eigenvalue weighted by atomic mass is 9.83. The van der Waals surface area contributed by atoms with Crippen LogP contribution in [0.5, 0.6) is 5.75 Å². The Morgan fingerprint density at radius 3 is 2.41 bits per heavy atom. The third-order valence-electron chi connectivity index (χ3n) is 5.92. The average Bonchev–Trinajstić information content (AvgIpc) is 3.17. The standard InChI is InChI=1S/C25H23NO3/c27-25(18-11-5-2-6-12-18)29-28-24-19(17-9-3-1-4-10-17)15-16-21-20-13-7-8-14-22(20)26-23(21)24/h2,5-8,11-17,26H,1,3-4,9-10H2. The van der Waals surface area contributed by atoms with Crippen molar-refractivity contribution in [3.63, 3.8) is 0 Å². The number of aromatic amines is 1. The highest BCUT2D eigenvalue weighted by molar-refractivity contribution is 6.09. The summed E-state index contributed by atoms with van der Waals surface area (Å²) in [5.74, 6) is 0.563. The Morgan fingerprint density at radius 2 is 1.59 bits per heavy atom. The van der Waals surface area contributed by atoms with Gasteiger partial charge < -0.3 is 4.98 Å². The summed E-state index contributed by atoms with van der Waals surface area (Å²) in [6, 6.07) is 21.4. The lowest BCUT2D eigenvalue weighted by Crippen LogP contribution is -2.12. The monoisotopic (exact) mass is 385 g/mol. The van der Waals surface area contributed by atoms with E-state index in [2.05, 4.69) is 29.2 Å². The van der Waals surface area contributed by atoms with E-state index >= 15 is 0 Å². The van der Waals surface area contributed by atoms with Gasteiger partial charge >= 0.3 is 5.97 Å². The number of fused-ring (bicyclic) bond motifs is 3. The summed E-state index contributed by atoms with van der Waals surface area (Å²) >= 11 is 0. The molecule has 0 atom stereocenters. The maximum atomic E-state index is 12.5. The van der Waals surface area contributed by atoms with Gasteiger partial charge in [-0.1, -0.05) is 67.8 Å². The van der Waals surface area contributed by atoms with Gasteiger partial charge in [-0.2, -0.15) is 0 Å². The third kappa shape index (κ3) is 3.35. The molecule has 0 unspecified atom stereocenters. The van der Waals surface area contributed by atoms with Gasteiger partial charge in [0.25, 0.3) is 0 Å². The summed E-state index contributed by atoms with van der Waals surface area (Å²) in [4.78, 5) is 27.0. The molecule has 4 heteroatoms. The Kier molecular flexibility index (Phi) is 4.68. The molecule has 0 bridgehead atoms. The Labute approximate surface area is 169 Å². The van der Waals surface area contributed by atoms with Crippen LogP contribution in [0, 0.1) is 0 Å². The number of carbonyl (C=O) groups is 1. The zero-order chi connectivity index (χ0) is 19.6. The van der Waals surface area contributed by atoms with Gasteiger partial charge in [0.1, 0.15) is 0 Å². The van der Waals surface area contributed by atoms with Crippen molar-refractivity contribution in [1.82, 2.24) is 4.98 Å². The molecule has 1 fully saturated rings. The predicted octanol–water partition coefficient (Wildman–Crippen LogP) is 6.52. The fourth-order valence-corrected chi connectivity index (χ4v) is 4.44. The first kappa shape index (κ1) is 17.8. The second-order valence-electron chi connectivity index (χ2n) is 7.73. The molecule has 1 saturated carbocycles. The van der Waals surface area contributed by atoms with Gasteiger partial charge in [-0.05, 0) is 37.0 Å². The zero-order valence-corrected chi connectivity index (χ0v) is 16.2. The highest BCUT2D eigenvalue weighted by atomic mass is 17.2. The highest BCUT2D eigenvalue weighted by Crippen LogP contribution is 2.42. The van der Waals surface area contributed by atoms with Crippen molar-refractivity contribution in [2.75, 3.05) is 0 Å². The van der Waals surface area contributed by atoms with E-state index in [-0.39, 0.29) is 0 Å². The third-order valence-corrected chi connectivity index (χ3v) is 5.92. The number of benzene rings is 3. The Hall–Kier alpha value is -3.27. The highest BCUT2D eigenvalue weighted by Gasteiger charge is 2.24. The van der Waals surface area contributed by atoms with Crippen molar-refractivity contribution < 1.29 is 14.6 Å². The van der Waals surface area contributed by atoms with Gasteiger partial charge in [0.05, 0.1) is 11.1 Å². The molecule has 0 amide bonds. The van der Waals surface area contributed by atoms with Crippen molar-refractivity contribution in [3.05, 3.63) is 77.9 Å². The van der Waals surface area contributed by atoms with Crippen molar-refractivity contribution in [3.8, 4) is 5.75 Å². The minimum absolute atomic E-state index is 0.421. The number of hydrogen-bond acceptors (Lipinski definition) is 3. The lowest BCUT2D eigenvalue weighted by Gasteiger charge is -2.23. The summed E-state index contributed by atoms with van der Waals surface area (Å²) in [5, 5.41) is 2.21. The van der Waals surface area contributed by atoms with E-state index in [4.69, 9.17) is 9.78 Å². The van der Waals surface area contributed by atoms with Crippen LogP contribution in [0.1, 0.15) is 53.9 Å². The number of hydrogen-bond donors (Lipinski definition) is 1. The van der Waals surface area contributed by atoms with Crippen LogP contribution in [-0.4, -0.2) is 11.0 Å². The molecule has 1 aromatic heterocycles. The van der Waals surface area contributed by atoms with E-state index in [1.807, 2.05) is 30.3 Å². The predicted molar refractivity (Wildman–Crippen MR) is 114 cm³/mol. The first-order chi connectivity index (χ1) is 14.3. The molecule has 0 spiro atoms. The Morgan fingerprint density at radius 1 is 0.828 bits per heavy atom. The maximum absolute atomic E-state index is 12.5. The second-order valence-corrected chi connectivity index (χ2v) is 7.73. The Balaban J connectivity index is 1.56. The van der Waals surface area contributed by atoms with Gasteiger partial charge in [-0.25, -0.2) is 9.68 Å². The number of aromatic nitrogens is 1. The van der Waals surface area contributed by atoms with Gasteiger partial charge in [0, 0.05) is 21.9 Å². The van der Waals surface area contributed by atoms with E-state index in [1.165, 1.54) is 19.3 Å². The van der Waals surface area contributed by atoms with Crippen molar-refractivity contribution in [1.29, 1.82) is 0 Å². The fourth-order valence-electron chi connectivity index (χ4n) is 4.44. The summed E-state index contributed by atoms with van der Waals surface area (Å²) in [5.41, 5.74) is 3.51. The molecule has 5 rings (SSSR count). The largest absolute Gasteiger partial charge is 0.386 e. The minimum atomic E-state index is -0.492. The van der Waals surface area contributed by atoms with Gasteiger partial charge in [-0.3, -0.25) is 4.89 Å². The van der Waals surface area contributed by atoms with Crippen LogP contribution >= 0.6 is 0 Å². The molecule has 3 aromatic carbocycles. The summed E-state index contributed by atoms with van der Waals surface area (Å²) in [6.07, 6.45) is 5.99. The Bertz CT molecular complexity index is 1160. The minimum Gasteiger partial charge on any atom is -0.351 e. The molecule has 1 aliphatic rings. The van der Waals surface area contributed by atoms with E-state index in [0.29, 0.717) is 17.2 Å². The van der Waals surface area contributed by atoms with Crippen LogP contribution in [0.4, 0.5) is 0 Å². The van der Waals surface area contributed by atoms with Crippen molar-refractivity contribution in [2.45, 2.75) is 38.0 Å². The molecule has 0 aliphatic heterocycles. The molecule has 1 heterocycles. The topological polar surface area (TPSA) is 51.3 Å². The summed E-state index contributed by atoms with van der Waals surface area (Å²) in [7, 11) is 0. The molecule has 1 aliphatic carbocycles. The molecule has 4 nitrogen and oxygen atoms in total. The first-order valence-corrected chi connectivity index (χ1v) is 10.3. The molecular weight excluding hydrogens is 362 g/mol. The maximum Gasteiger partial charge on any atom is 0.386 e. The SMILES string of the molecule is O=C(OOc1c(C2CCCCC2)ccc2c1[nH]c1ccccc12)c1ccccc1. The smallest absolute Gasteiger partial charge is 0.351 e. The molecule has 1 N–H and O–H groups in total. The van der Waals surface area contributed by atoms with Crippen molar-refractivity contribution in [2.24, 2.45) is 0 Å². The van der Waals surface area contributed by atoms with E-state index in [0.717, 1.165) is 40.2 Å². The molecule has 4 aromatic rings. The van der Waals surface area contributed by atoms with Gasteiger partial charge in [-0.15, -0.1) is 0 Å². The number of rotatable bonds is 4.